The van der Waals surface area contributed by atoms with E-state index in [0.29, 0.717) is 35.0 Å². The first-order valence-electron chi connectivity index (χ1n) is 10.5. The van der Waals surface area contributed by atoms with E-state index in [2.05, 4.69) is 0 Å². The largest absolute Gasteiger partial charge is 0.493 e. The number of para-hydroxylation sites is 1. The summed E-state index contributed by atoms with van der Waals surface area (Å²) >= 11 is 0. The smallest absolute Gasteiger partial charge is 0.329 e. The van der Waals surface area contributed by atoms with Gasteiger partial charge in [-0.25, -0.2) is 4.79 Å². The van der Waals surface area contributed by atoms with Crippen molar-refractivity contribution < 1.29 is 33.3 Å². The molecule has 2 unspecified atom stereocenters. The monoisotopic (exact) mass is 454 g/mol. The lowest BCUT2D eigenvalue weighted by molar-refractivity contribution is -0.143. The van der Waals surface area contributed by atoms with Gasteiger partial charge in [-0.1, -0.05) is 18.2 Å². The van der Waals surface area contributed by atoms with Gasteiger partial charge in [0.25, 0.3) is 0 Å². The first-order valence-corrected chi connectivity index (χ1v) is 10.5. The van der Waals surface area contributed by atoms with Crippen LogP contribution in [0.5, 0.6) is 17.2 Å². The summed E-state index contributed by atoms with van der Waals surface area (Å²) in [6.45, 7) is 0.170. The summed E-state index contributed by atoms with van der Waals surface area (Å²) in [6.07, 6.45) is 0.411. The minimum atomic E-state index is -0.745. The molecule has 0 N–H and O–H groups in total. The van der Waals surface area contributed by atoms with Crippen molar-refractivity contribution >= 4 is 29.2 Å². The Morgan fingerprint density at radius 3 is 2.21 bits per heavy atom. The van der Waals surface area contributed by atoms with Crippen LogP contribution in [-0.2, 0) is 25.5 Å². The summed E-state index contributed by atoms with van der Waals surface area (Å²) in [5.41, 5.74) is 2.11. The molecule has 33 heavy (non-hydrogen) atoms. The molecule has 2 amide bonds. The Bertz CT molecular complexity index is 1070. The molecule has 2 aromatic carbocycles. The molecule has 1 saturated heterocycles. The average Bonchev–Trinajstić information content (AvgIpc) is 3.43. The van der Waals surface area contributed by atoms with Crippen molar-refractivity contribution in [2.45, 2.75) is 18.9 Å². The fourth-order valence-electron chi connectivity index (χ4n) is 4.53. The quantitative estimate of drug-likeness (QED) is 0.618. The van der Waals surface area contributed by atoms with Gasteiger partial charge >= 0.3 is 5.97 Å². The summed E-state index contributed by atoms with van der Waals surface area (Å²) in [5, 5.41) is 0. The van der Waals surface area contributed by atoms with Crippen molar-refractivity contribution in [1.29, 1.82) is 0 Å². The highest BCUT2D eigenvalue weighted by Crippen LogP contribution is 2.43. The van der Waals surface area contributed by atoms with Crippen LogP contribution in [0.1, 0.15) is 12.0 Å². The molecule has 0 saturated carbocycles. The molecule has 0 radical (unpaired) electrons. The number of carbonyl (C=O) groups excluding carboxylic acids is 3. The van der Waals surface area contributed by atoms with Gasteiger partial charge in [0.1, 0.15) is 6.04 Å². The molecule has 2 heterocycles. The lowest BCUT2D eigenvalue weighted by Gasteiger charge is -2.26. The van der Waals surface area contributed by atoms with E-state index in [1.165, 1.54) is 38.2 Å². The first-order chi connectivity index (χ1) is 15.9. The Morgan fingerprint density at radius 2 is 1.61 bits per heavy atom. The van der Waals surface area contributed by atoms with Crippen LogP contribution < -0.4 is 24.0 Å². The predicted molar refractivity (Wildman–Crippen MR) is 120 cm³/mol. The lowest BCUT2D eigenvalue weighted by atomic mass is 10.1. The number of benzene rings is 2. The first kappa shape index (κ1) is 22.4. The van der Waals surface area contributed by atoms with Crippen LogP contribution in [0.4, 0.5) is 11.4 Å². The molecule has 9 nitrogen and oxygen atoms in total. The van der Waals surface area contributed by atoms with E-state index >= 15 is 0 Å². The number of fused-ring (bicyclic) bond motifs is 1. The van der Waals surface area contributed by atoms with Crippen molar-refractivity contribution in [3.05, 3.63) is 42.0 Å². The maximum atomic E-state index is 13.6. The summed E-state index contributed by atoms with van der Waals surface area (Å²) in [7, 11) is 5.80. The van der Waals surface area contributed by atoms with Crippen molar-refractivity contribution in [3.63, 3.8) is 0 Å². The van der Waals surface area contributed by atoms with Gasteiger partial charge < -0.3 is 23.8 Å². The zero-order chi connectivity index (χ0) is 23.7. The van der Waals surface area contributed by atoms with Crippen molar-refractivity contribution in [1.82, 2.24) is 0 Å². The summed E-state index contributed by atoms with van der Waals surface area (Å²) in [6, 6.07) is 9.99. The maximum absolute atomic E-state index is 13.6. The minimum absolute atomic E-state index is 0.0298. The third-order valence-electron chi connectivity index (χ3n) is 6.12. The number of rotatable bonds is 6. The third-order valence-corrected chi connectivity index (χ3v) is 6.12. The topological polar surface area (TPSA) is 94.6 Å². The zero-order valence-corrected chi connectivity index (χ0v) is 19.0. The van der Waals surface area contributed by atoms with Gasteiger partial charge in [-0.3, -0.25) is 14.5 Å². The van der Waals surface area contributed by atoms with Crippen LogP contribution in [0.25, 0.3) is 0 Å². The standard InChI is InChI=1S/C24H26N2O7/c1-30-19-11-16(12-20(31-2)22(19)32-3)25-13-15(10-21(25)27)23(28)26-17-8-6-5-7-14(17)9-18(26)24(29)33-4/h5-8,11-12,15,18H,9-10,13H2,1-4H3. The van der Waals surface area contributed by atoms with E-state index in [0.717, 1.165) is 5.56 Å². The van der Waals surface area contributed by atoms with Crippen LogP contribution >= 0.6 is 0 Å². The zero-order valence-electron chi connectivity index (χ0n) is 19.0. The molecular weight excluding hydrogens is 428 g/mol. The number of ether oxygens (including phenoxy) is 4. The molecule has 0 spiro atoms. The Morgan fingerprint density at radius 1 is 0.939 bits per heavy atom. The number of methoxy groups -OCH3 is 4. The Hall–Kier alpha value is -3.75. The Balaban J connectivity index is 1.63. The van der Waals surface area contributed by atoms with Gasteiger partial charge in [-0.15, -0.1) is 0 Å². The van der Waals surface area contributed by atoms with Gasteiger partial charge in [0.2, 0.25) is 17.6 Å². The van der Waals surface area contributed by atoms with Crippen LogP contribution in [0.2, 0.25) is 0 Å². The number of hydrogen-bond donors (Lipinski definition) is 0. The summed E-state index contributed by atoms with van der Waals surface area (Å²) in [4.78, 5) is 42.0. The fraction of sp³-hybridized carbons (Fsp3) is 0.375. The van der Waals surface area contributed by atoms with E-state index < -0.39 is 17.9 Å². The van der Waals surface area contributed by atoms with E-state index in [1.807, 2.05) is 24.3 Å². The average molecular weight is 454 g/mol. The second kappa shape index (κ2) is 9.01. The van der Waals surface area contributed by atoms with Crippen molar-refractivity contribution in [3.8, 4) is 17.2 Å². The number of esters is 1. The Kier molecular flexibility index (Phi) is 6.13. The van der Waals surface area contributed by atoms with Crippen molar-refractivity contribution in [2.75, 3.05) is 44.8 Å². The van der Waals surface area contributed by atoms with Gasteiger partial charge in [0.05, 0.1) is 40.0 Å². The molecular formula is C24H26N2O7. The second-order valence-electron chi connectivity index (χ2n) is 7.87. The normalized spacial score (nSPS) is 19.3. The number of carbonyl (C=O) groups is 3. The van der Waals surface area contributed by atoms with E-state index in [9.17, 15) is 14.4 Å². The van der Waals surface area contributed by atoms with Crippen LogP contribution in [-0.4, -0.2) is 58.8 Å². The third kappa shape index (κ3) is 3.83. The van der Waals surface area contributed by atoms with Crippen molar-refractivity contribution in [2.24, 2.45) is 5.92 Å². The predicted octanol–water partition coefficient (Wildman–Crippen LogP) is 2.20. The van der Waals surface area contributed by atoms with E-state index in [-0.39, 0.29) is 24.8 Å². The molecule has 0 aromatic heterocycles. The molecule has 174 valence electrons. The number of anilines is 2. The van der Waals surface area contributed by atoms with Crippen LogP contribution in [0.3, 0.4) is 0 Å². The molecule has 2 atom stereocenters. The van der Waals surface area contributed by atoms with Crippen LogP contribution in [0.15, 0.2) is 36.4 Å². The molecule has 9 heteroatoms. The summed E-state index contributed by atoms with van der Waals surface area (Å²) in [5.74, 6) is -0.344. The van der Waals surface area contributed by atoms with E-state index in [4.69, 9.17) is 18.9 Å². The van der Waals surface area contributed by atoms with Gasteiger partial charge in [0.15, 0.2) is 11.5 Å². The summed E-state index contributed by atoms with van der Waals surface area (Å²) < 4.78 is 21.1. The second-order valence-corrected chi connectivity index (χ2v) is 7.87. The highest BCUT2D eigenvalue weighted by molar-refractivity contribution is 6.08. The highest BCUT2D eigenvalue weighted by atomic mass is 16.5. The Labute approximate surface area is 191 Å². The van der Waals surface area contributed by atoms with E-state index in [1.54, 1.807) is 12.1 Å². The molecule has 1 fully saturated rings. The fourth-order valence-corrected chi connectivity index (χ4v) is 4.53. The molecule has 2 aliphatic heterocycles. The number of amides is 2. The van der Waals surface area contributed by atoms with Gasteiger partial charge in [-0.2, -0.15) is 0 Å². The number of nitrogens with zero attached hydrogens (tertiary/aromatic N) is 2. The molecule has 0 bridgehead atoms. The molecule has 2 aliphatic rings. The van der Waals surface area contributed by atoms with Crippen LogP contribution in [0, 0.1) is 5.92 Å². The number of hydrogen-bond acceptors (Lipinski definition) is 7. The SMILES string of the molecule is COC(=O)C1Cc2ccccc2N1C(=O)C1CC(=O)N(c2cc(OC)c(OC)c(OC)c2)C1. The van der Waals surface area contributed by atoms with Gasteiger partial charge in [-0.05, 0) is 11.6 Å². The lowest BCUT2D eigenvalue weighted by Crippen LogP contribution is -2.46. The molecule has 2 aromatic rings. The molecule has 0 aliphatic carbocycles. The molecule has 4 rings (SSSR count). The minimum Gasteiger partial charge on any atom is -0.493 e. The highest BCUT2D eigenvalue weighted by Gasteiger charge is 2.45. The maximum Gasteiger partial charge on any atom is 0.329 e. The van der Waals surface area contributed by atoms with Gasteiger partial charge in [0, 0.05) is 37.2 Å².